The Balaban J connectivity index is 1.81. The van der Waals surface area contributed by atoms with Gasteiger partial charge in [0.2, 0.25) is 5.76 Å². The standard InChI is InChI=1S/C22H21IN2O9/c1-11(20(27)31-3)33-18-14(23)7-12(9-17(18)30-2)8-15-19(26)25(22(29)24-15)10-13-5-6-16(34-13)21(28)32-4/h5-9,11H,10H2,1-4H3,(H,24,29)/b15-8-/t11-/m1/s1. The minimum Gasteiger partial charge on any atom is -0.493 e. The maximum absolute atomic E-state index is 12.8. The first kappa shape index (κ1) is 25.1. The van der Waals surface area contributed by atoms with E-state index in [4.69, 9.17) is 13.9 Å². The number of urea groups is 1. The molecule has 1 saturated heterocycles. The Bertz CT molecular complexity index is 1170. The second kappa shape index (κ2) is 10.6. The number of hydrogen-bond donors (Lipinski definition) is 1. The summed E-state index contributed by atoms with van der Waals surface area (Å²) in [6.07, 6.45) is 0.627. The molecule has 2 heterocycles. The Morgan fingerprint density at radius 3 is 2.56 bits per heavy atom. The van der Waals surface area contributed by atoms with Crippen LogP contribution in [0.1, 0.15) is 28.8 Å². The van der Waals surface area contributed by atoms with Crippen molar-refractivity contribution in [3.05, 3.63) is 50.6 Å². The van der Waals surface area contributed by atoms with Gasteiger partial charge < -0.3 is 28.7 Å². The Kier molecular flexibility index (Phi) is 7.81. The van der Waals surface area contributed by atoms with E-state index in [-0.39, 0.29) is 23.8 Å². The van der Waals surface area contributed by atoms with Gasteiger partial charge in [0.25, 0.3) is 5.91 Å². The second-order valence-electron chi connectivity index (χ2n) is 6.95. The number of hydrogen-bond acceptors (Lipinski definition) is 9. The lowest BCUT2D eigenvalue weighted by Gasteiger charge is -2.17. The molecular formula is C22H21IN2O9. The molecule has 0 saturated carbocycles. The van der Waals surface area contributed by atoms with Crippen molar-refractivity contribution in [1.29, 1.82) is 0 Å². The molecule has 11 nitrogen and oxygen atoms in total. The van der Waals surface area contributed by atoms with E-state index in [0.29, 0.717) is 20.6 Å². The number of benzene rings is 1. The number of carbonyl (C=O) groups excluding carboxylic acids is 4. The summed E-state index contributed by atoms with van der Waals surface area (Å²) < 4.78 is 26.3. The van der Waals surface area contributed by atoms with E-state index in [1.165, 1.54) is 39.5 Å². The van der Waals surface area contributed by atoms with Gasteiger partial charge in [0.05, 0.1) is 31.4 Å². The number of rotatable bonds is 8. The minimum absolute atomic E-state index is 0.0363. The van der Waals surface area contributed by atoms with Gasteiger partial charge in [-0.15, -0.1) is 0 Å². The normalized spacial score (nSPS) is 15.2. The highest BCUT2D eigenvalue weighted by Gasteiger charge is 2.34. The minimum atomic E-state index is -0.859. The summed E-state index contributed by atoms with van der Waals surface area (Å²) in [5, 5.41) is 2.52. The van der Waals surface area contributed by atoms with E-state index < -0.39 is 30.0 Å². The third kappa shape index (κ3) is 5.32. The number of carbonyl (C=O) groups is 4. The summed E-state index contributed by atoms with van der Waals surface area (Å²) in [5.74, 6) is -0.914. The quantitative estimate of drug-likeness (QED) is 0.215. The lowest BCUT2D eigenvalue weighted by atomic mass is 10.1. The lowest BCUT2D eigenvalue weighted by Crippen LogP contribution is -2.30. The zero-order valence-corrected chi connectivity index (χ0v) is 20.8. The molecule has 0 bridgehead atoms. The number of imide groups is 1. The summed E-state index contributed by atoms with van der Waals surface area (Å²) in [6, 6.07) is 5.55. The summed E-state index contributed by atoms with van der Waals surface area (Å²) in [5.41, 5.74) is 0.593. The van der Waals surface area contributed by atoms with Crippen LogP contribution in [0.25, 0.3) is 6.08 Å². The Morgan fingerprint density at radius 2 is 1.91 bits per heavy atom. The van der Waals surface area contributed by atoms with Crippen molar-refractivity contribution in [2.24, 2.45) is 0 Å². The lowest BCUT2D eigenvalue weighted by molar-refractivity contribution is -0.148. The first-order valence-electron chi connectivity index (χ1n) is 9.82. The van der Waals surface area contributed by atoms with Crippen molar-refractivity contribution in [1.82, 2.24) is 10.2 Å². The largest absolute Gasteiger partial charge is 0.493 e. The van der Waals surface area contributed by atoms with E-state index in [1.807, 2.05) is 22.6 Å². The molecule has 180 valence electrons. The van der Waals surface area contributed by atoms with E-state index in [9.17, 15) is 19.2 Å². The second-order valence-corrected chi connectivity index (χ2v) is 8.12. The van der Waals surface area contributed by atoms with Gasteiger partial charge in [-0.25, -0.2) is 14.4 Å². The van der Waals surface area contributed by atoms with Gasteiger partial charge in [-0.3, -0.25) is 9.69 Å². The van der Waals surface area contributed by atoms with Gasteiger partial charge in [-0.2, -0.15) is 0 Å². The molecule has 0 radical (unpaired) electrons. The molecule has 0 unspecified atom stereocenters. The number of nitrogens with one attached hydrogen (secondary N) is 1. The number of methoxy groups -OCH3 is 3. The number of esters is 2. The van der Waals surface area contributed by atoms with Crippen LogP contribution in [0.4, 0.5) is 4.79 Å². The molecule has 1 aromatic carbocycles. The van der Waals surface area contributed by atoms with Crippen molar-refractivity contribution in [3.63, 3.8) is 0 Å². The van der Waals surface area contributed by atoms with Crippen molar-refractivity contribution in [2.75, 3.05) is 21.3 Å². The Hall–Kier alpha value is -3.55. The third-order valence-electron chi connectivity index (χ3n) is 4.72. The van der Waals surface area contributed by atoms with Crippen molar-refractivity contribution in [3.8, 4) is 11.5 Å². The monoisotopic (exact) mass is 584 g/mol. The summed E-state index contributed by atoms with van der Waals surface area (Å²) in [6.45, 7) is 1.38. The molecular weight excluding hydrogens is 563 g/mol. The van der Waals surface area contributed by atoms with E-state index >= 15 is 0 Å². The van der Waals surface area contributed by atoms with Crippen molar-refractivity contribution >= 4 is 52.5 Å². The smallest absolute Gasteiger partial charge is 0.373 e. The highest BCUT2D eigenvalue weighted by molar-refractivity contribution is 14.1. The molecule has 1 aromatic heterocycles. The molecule has 0 spiro atoms. The van der Waals surface area contributed by atoms with E-state index in [2.05, 4.69) is 14.8 Å². The molecule has 3 rings (SSSR count). The third-order valence-corrected chi connectivity index (χ3v) is 5.52. The predicted octanol–water partition coefficient (Wildman–Crippen LogP) is 2.71. The molecule has 1 fully saturated rings. The first-order valence-corrected chi connectivity index (χ1v) is 10.9. The van der Waals surface area contributed by atoms with Crippen LogP contribution in [-0.4, -0.2) is 56.2 Å². The summed E-state index contributed by atoms with van der Waals surface area (Å²) in [7, 11) is 3.92. The highest BCUT2D eigenvalue weighted by atomic mass is 127. The average Bonchev–Trinajstić information content (AvgIpc) is 3.39. The number of halogens is 1. The number of nitrogens with zero attached hydrogens (tertiary/aromatic N) is 1. The van der Waals surface area contributed by atoms with E-state index in [0.717, 1.165) is 4.90 Å². The number of furan rings is 1. The maximum Gasteiger partial charge on any atom is 0.373 e. The Morgan fingerprint density at radius 1 is 1.18 bits per heavy atom. The fourth-order valence-corrected chi connectivity index (χ4v) is 3.79. The van der Waals surface area contributed by atoms with Gasteiger partial charge in [0.1, 0.15) is 11.5 Å². The molecule has 1 N–H and O–H groups in total. The molecule has 2 aromatic rings. The van der Waals surface area contributed by atoms with Crippen LogP contribution < -0.4 is 14.8 Å². The molecule has 3 amide bonds. The van der Waals surface area contributed by atoms with Gasteiger partial charge in [-0.05, 0) is 65.4 Å². The average molecular weight is 584 g/mol. The number of amides is 3. The van der Waals surface area contributed by atoms with Crippen LogP contribution in [0.3, 0.4) is 0 Å². The maximum atomic E-state index is 12.8. The topological polar surface area (TPSA) is 134 Å². The van der Waals surface area contributed by atoms with Gasteiger partial charge in [0.15, 0.2) is 17.6 Å². The first-order chi connectivity index (χ1) is 16.2. The molecule has 0 aliphatic carbocycles. The highest BCUT2D eigenvalue weighted by Crippen LogP contribution is 2.35. The van der Waals surface area contributed by atoms with Crippen molar-refractivity contribution < 1.29 is 42.5 Å². The van der Waals surface area contributed by atoms with Gasteiger partial charge in [0, 0.05) is 0 Å². The summed E-state index contributed by atoms with van der Waals surface area (Å²) in [4.78, 5) is 49.4. The van der Waals surface area contributed by atoms with Gasteiger partial charge in [-0.1, -0.05) is 0 Å². The fourth-order valence-electron chi connectivity index (χ4n) is 3.04. The molecule has 12 heteroatoms. The molecule has 1 atom stereocenters. The fraction of sp³-hybridized carbons (Fsp3) is 0.273. The zero-order chi connectivity index (χ0) is 25.0. The molecule has 1 aliphatic rings. The summed E-state index contributed by atoms with van der Waals surface area (Å²) >= 11 is 2.01. The SMILES string of the molecule is COC(=O)c1ccc(CN2C(=O)N/C(=C\c3cc(I)c(O[C@H](C)C(=O)OC)c(OC)c3)C2=O)o1. The van der Waals surface area contributed by atoms with Gasteiger partial charge >= 0.3 is 18.0 Å². The Labute approximate surface area is 208 Å². The predicted molar refractivity (Wildman–Crippen MR) is 125 cm³/mol. The van der Waals surface area contributed by atoms with Crippen LogP contribution in [-0.2, 0) is 25.6 Å². The van der Waals surface area contributed by atoms with Crippen LogP contribution in [0.5, 0.6) is 11.5 Å². The van der Waals surface area contributed by atoms with Crippen LogP contribution in [0.15, 0.2) is 34.4 Å². The zero-order valence-electron chi connectivity index (χ0n) is 18.7. The van der Waals surface area contributed by atoms with Crippen LogP contribution in [0, 0.1) is 3.57 Å². The molecule has 34 heavy (non-hydrogen) atoms. The van der Waals surface area contributed by atoms with E-state index in [1.54, 1.807) is 19.1 Å². The number of ether oxygens (including phenoxy) is 4. The van der Waals surface area contributed by atoms with Crippen LogP contribution in [0.2, 0.25) is 0 Å². The molecule has 1 aliphatic heterocycles. The van der Waals surface area contributed by atoms with Crippen molar-refractivity contribution in [2.45, 2.75) is 19.6 Å². The van der Waals surface area contributed by atoms with Crippen LogP contribution >= 0.6 is 22.6 Å².